The van der Waals surface area contributed by atoms with Crippen molar-refractivity contribution in [2.75, 3.05) is 30.3 Å². The summed E-state index contributed by atoms with van der Waals surface area (Å²) >= 11 is 0. The van der Waals surface area contributed by atoms with Crippen molar-refractivity contribution in [1.82, 2.24) is 14.3 Å². The fraction of sp³-hybridized carbons (Fsp3) is 0.375. The van der Waals surface area contributed by atoms with Crippen molar-refractivity contribution in [2.45, 2.75) is 32.7 Å². The highest BCUT2D eigenvalue weighted by Gasteiger charge is 2.27. The Morgan fingerprint density at radius 3 is 2.66 bits per heavy atom. The normalized spacial score (nSPS) is 17.1. The van der Waals surface area contributed by atoms with Gasteiger partial charge >= 0.3 is 5.97 Å². The van der Waals surface area contributed by atoms with Gasteiger partial charge in [-0.25, -0.2) is 4.98 Å². The van der Waals surface area contributed by atoms with Gasteiger partial charge in [0, 0.05) is 43.1 Å². The number of fused-ring (bicyclic) bond motifs is 2. The minimum Gasteiger partial charge on any atom is -0.481 e. The third kappa shape index (κ3) is 3.60. The first kappa shape index (κ1) is 20.5. The van der Waals surface area contributed by atoms with Gasteiger partial charge in [-0.3, -0.25) is 14.5 Å². The largest absolute Gasteiger partial charge is 0.481 e. The number of nitrogens with two attached hydrogens (primary N) is 1. The maximum atomic E-state index is 11.9. The van der Waals surface area contributed by atoms with E-state index >= 15 is 0 Å². The van der Waals surface area contributed by atoms with Gasteiger partial charge in [0.2, 0.25) is 5.91 Å². The summed E-state index contributed by atoms with van der Waals surface area (Å²) in [4.78, 5) is 32.3. The lowest BCUT2D eigenvalue weighted by Gasteiger charge is -2.30. The molecule has 1 amide bonds. The van der Waals surface area contributed by atoms with Gasteiger partial charge in [0.15, 0.2) is 0 Å². The van der Waals surface area contributed by atoms with E-state index in [2.05, 4.69) is 11.0 Å². The predicted octanol–water partition coefficient (Wildman–Crippen LogP) is 2.79. The van der Waals surface area contributed by atoms with Gasteiger partial charge in [0.1, 0.15) is 5.65 Å². The summed E-state index contributed by atoms with van der Waals surface area (Å²) < 4.78 is 2.04. The van der Waals surface area contributed by atoms with Crippen molar-refractivity contribution in [2.24, 2.45) is 5.92 Å². The van der Waals surface area contributed by atoms with Gasteiger partial charge in [0.25, 0.3) is 0 Å². The summed E-state index contributed by atoms with van der Waals surface area (Å²) in [5, 5.41) is 9.30. The van der Waals surface area contributed by atoms with Gasteiger partial charge in [-0.2, -0.15) is 0 Å². The molecule has 166 valence electrons. The number of anilines is 2. The zero-order valence-electron chi connectivity index (χ0n) is 18.1. The number of carbonyl (C=O) groups is 2. The van der Waals surface area contributed by atoms with Crippen molar-refractivity contribution in [3.8, 4) is 11.3 Å². The van der Waals surface area contributed by atoms with Crippen LogP contribution in [0.2, 0.25) is 0 Å². The molecule has 5 rings (SSSR count). The number of nitrogen functional groups attached to an aromatic ring is 1. The minimum absolute atomic E-state index is 0.0603. The maximum Gasteiger partial charge on any atom is 0.306 e. The Kier molecular flexibility index (Phi) is 5.09. The van der Waals surface area contributed by atoms with Crippen molar-refractivity contribution in [1.29, 1.82) is 0 Å². The number of carboxylic acid groups (broad SMARTS) is 1. The van der Waals surface area contributed by atoms with Crippen molar-refractivity contribution in [3.63, 3.8) is 0 Å². The average molecular weight is 434 g/mol. The standard InChI is InChI=1S/C24H27N5O3/c1-15(30)28-11-8-17-12-18(2-4-20(17)28)23-21(29-13-19(25)3-5-22(29)26-23)14-27-9-6-16(7-10-27)24(31)32/h2-5,12-13,16H,6-11,14,25H2,1H3,(H,31,32). The SMILES string of the molecule is CC(=O)N1CCc2cc(-c3nc4ccc(N)cn4c3CN3CCC(C(=O)O)CC3)ccc21. The van der Waals surface area contributed by atoms with Crippen LogP contribution < -0.4 is 10.6 Å². The average Bonchev–Trinajstić information content (AvgIpc) is 3.35. The lowest BCUT2D eigenvalue weighted by atomic mass is 9.97. The van der Waals surface area contributed by atoms with Gasteiger partial charge in [-0.1, -0.05) is 6.07 Å². The Balaban J connectivity index is 1.51. The minimum atomic E-state index is -0.703. The highest BCUT2D eigenvalue weighted by molar-refractivity contribution is 5.94. The van der Waals surface area contributed by atoms with E-state index in [9.17, 15) is 14.7 Å². The Bertz CT molecular complexity index is 1210. The van der Waals surface area contributed by atoms with E-state index in [1.54, 1.807) is 6.92 Å². The van der Waals surface area contributed by atoms with Gasteiger partial charge in [0.05, 0.1) is 17.3 Å². The van der Waals surface area contributed by atoms with E-state index in [-0.39, 0.29) is 11.8 Å². The zero-order chi connectivity index (χ0) is 22.4. The summed E-state index contributed by atoms with van der Waals surface area (Å²) in [5.74, 6) is -0.902. The number of hydrogen-bond donors (Lipinski definition) is 2. The molecule has 0 aliphatic carbocycles. The molecule has 0 atom stereocenters. The van der Waals surface area contributed by atoms with Gasteiger partial charge in [-0.15, -0.1) is 0 Å². The molecule has 1 aromatic carbocycles. The van der Waals surface area contributed by atoms with Crippen LogP contribution in [-0.4, -0.2) is 50.9 Å². The van der Waals surface area contributed by atoms with Crippen LogP contribution in [0.25, 0.3) is 16.9 Å². The van der Waals surface area contributed by atoms with Crippen LogP contribution in [0.3, 0.4) is 0 Å². The topological polar surface area (TPSA) is 104 Å². The molecule has 0 bridgehead atoms. The summed E-state index contributed by atoms with van der Waals surface area (Å²) in [6, 6.07) is 9.96. The highest BCUT2D eigenvalue weighted by atomic mass is 16.4. The molecule has 3 aromatic rings. The number of aliphatic carboxylic acids is 1. The summed E-state index contributed by atoms with van der Waals surface area (Å²) in [7, 11) is 0. The molecule has 1 fully saturated rings. The Labute approximate surface area is 186 Å². The van der Waals surface area contributed by atoms with Crippen LogP contribution >= 0.6 is 0 Å². The van der Waals surface area contributed by atoms with E-state index in [0.29, 0.717) is 31.6 Å². The molecule has 2 aliphatic heterocycles. The third-order valence-electron chi connectivity index (χ3n) is 6.68. The number of aromatic nitrogens is 2. The molecule has 0 spiro atoms. The molecule has 8 nitrogen and oxygen atoms in total. The Morgan fingerprint density at radius 1 is 1.16 bits per heavy atom. The number of carboxylic acids is 1. The number of hydrogen-bond acceptors (Lipinski definition) is 5. The quantitative estimate of drug-likeness (QED) is 0.656. The monoisotopic (exact) mass is 433 g/mol. The van der Waals surface area contributed by atoms with E-state index in [1.165, 1.54) is 0 Å². The maximum absolute atomic E-state index is 11.9. The molecule has 0 saturated carbocycles. The predicted molar refractivity (Wildman–Crippen MR) is 122 cm³/mol. The van der Waals surface area contributed by atoms with E-state index in [0.717, 1.165) is 53.4 Å². The molecule has 0 unspecified atom stereocenters. The fourth-order valence-corrected chi connectivity index (χ4v) is 4.92. The van der Waals surface area contributed by atoms with Crippen molar-refractivity contribution >= 4 is 28.9 Å². The fourth-order valence-electron chi connectivity index (χ4n) is 4.92. The number of piperidine rings is 1. The zero-order valence-corrected chi connectivity index (χ0v) is 18.1. The number of pyridine rings is 1. The van der Waals surface area contributed by atoms with Crippen molar-refractivity contribution in [3.05, 3.63) is 47.8 Å². The molecule has 0 radical (unpaired) electrons. The van der Waals surface area contributed by atoms with Gasteiger partial charge < -0.3 is 20.1 Å². The number of rotatable bonds is 4. The first-order valence-corrected chi connectivity index (χ1v) is 11.0. The molecule has 8 heteroatoms. The molecule has 1 saturated heterocycles. The van der Waals surface area contributed by atoms with Crippen LogP contribution in [0.5, 0.6) is 0 Å². The van der Waals surface area contributed by atoms with Crippen LogP contribution in [-0.2, 0) is 22.6 Å². The molecule has 2 aliphatic rings. The second kappa shape index (κ2) is 7.94. The molecule has 4 heterocycles. The van der Waals surface area contributed by atoms with Crippen LogP contribution in [0.1, 0.15) is 31.0 Å². The lowest BCUT2D eigenvalue weighted by molar-refractivity contribution is -0.143. The smallest absolute Gasteiger partial charge is 0.306 e. The molecule has 32 heavy (non-hydrogen) atoms. The second-order valence-corrected chi connectivity index (χ2v) is 8.75. The Morgan fingerprint density at radius 2 is 1.94 bits per heavy atom. The highest BCUT2D eigenvalue weighted by Crippen LogP contribution is 2.34. The molecule has 3 N–H and O–H groups in total. The lowest BCUT2D eigenvalue weighted by Crippen LogP contribution is -2.36. The van der Waals surface area contributed by atoms with Crippen LogP contribution in [0, 0.1) is 5.92 Å². The first-order valence-electron chi connectivity index (χ1n) is 11.0. The van der Waals surface area contributed by atoms with Crippen LogP contribution in [0.15, 0.2) is 36.5 Å². The van der Waals surface area contributed by atoms with Crippen LogP contribution in [0.4, 0.5) is 11.4 Å². The third-order valence-corrected chi connectivity index (χ3v) is 6.68. The van der Waals surface area contributed by atoms with Crippen molar-refractivity contribution < 1.29 is 14.7 Å². The number of likely N-dealkylation sites (tertiary alicyclic amines) is 1. The van der Waals surface area contributed by atoms with E-state index in [1.807, 2.05) is 39.8 Å². The van der Waals surface area contributed by atoms with E-state index in [4.69, 9.17) is 10.7 Å². The molecule has 2 aromatic heterocycles. The van der Waals surface area contributed by atoms with E-state index < -0.39 is 5.97 Å². The summed E-state index contributed by atoms with van der Waals surface area (Å²) in [6.45, 7) is 4.46. The number of benzene rings is 1. The number of nitrogens with zero attached hydrogens (tertiary/aromatic N) is 4. The number of carbonyl (C=O) groups excluding carboxylic acids is 1. The first-order chi connectivity index (χ1) is 15.4. The number of amides is 1. The summed E-state index contributed by atoms with van der Waals surface area (Å²) in [5.41, 5.74) is 12.7. The molecular formula is C24H27N5O3. The number of imidazole rings is 1. The second-order valence-electron chi connectivity index (χ2n) is 8.75. The molecular weight excluding hydrogens is 406 g/mol. The van der Waals surface area contributed by atoms with Gasteiger partial charge in [-0.05, 0) is 62.2 Å². The Hall–Kier alpha value is -3.39. The summed E-state index contributed by atoms with van der Waals surface area (Å²) in [6.07, 6.45) is 4.05.